The second-order valence-corrected chi connectivity index (χ2v) is 7.49. The van der Waals surface area contributed by atoms with Crippen LogP contribution < -0.4 is 5.32 Å². The van der Waals surface area contributed by atoms with Crippen LogP contribution in [-0.2, 0) is 0 Å². The lowest BCUT2D eigenvalue weighted by Gasteiger charge is -2.23. The van der Waals surface area contributed by atoms with Crippen molar-refractivity contribution in [1.82, 2.24) is 0 Å². The van der Waals surface area contributed by atoms with Crippen molar-refractivity contribution in [3.8, 4) is 0 Å². The molecule has 0 atom stereocenters. The maximum Gasteiger partial charge on any atom is 0.200 e. The molecule has 1 heterocycles. The Morgan fingerprint density at radius 3 is 2.04 bits per heavy atom. The second kappa shape index (κ2) is 6.51. The van der Waals surface area contributed by atoms with Gasteiger partial charge in [0.2, 0.25) is 5.82 Å². The molecule has 1 nitrogen and oxygen atoms in total. The van der Waals surface area contributed by atoms with Gasteiger partial charge < -0.3 is 5.32 Å². The van der Waals surface area contributed by atoms with Crippen LogP contribution in [0, 0.1) is 29.1 Å². The molecule has 0 spiro atoms. The smallest absolute Gasteiger partial charge is 0.200 e. The van der Waals surface area contributed by atoms with Crippen molar-refractivity contribution in [3.63, 3.8) is 0 Å². The maximum atomic E-state index is 14.0. The molecule has 8 heteroatoms. The molecule has 3 aromatic rings. The van der Waals surface area contributed by atoms with Gasteiger partial charge >= 0.3 is 0 Å². The van der Waals surface area contributed by atoms with Gasteiger partial charge in [-0.2, -0.15) is 0 Å². The highest BCUT2D eigenvalue weighted by Crippen LogP contribution is 2.49. The fourth-order valence-corrected chi connectivity index (χ4v) is 4.58. The molecule has 26 heavy (non-hydrogen) atoms. The van der Waals surface area contributed by atoms with Crippen molar-refractivity contribution in [2.45, 2.75) is 19.6 Å². The molecular weight excluding hydrogens is 389 g/mol. The molecule has 3 aromatic carbocycles. The Labute approximate surface area is 153 Å². The number of halogens is 5. The Bertz CT molecular complexity index is 1010. The lowest BCUT2D eigenvalue weighted by atomic mass is 10.2. The summed E-state index contributed by atoms with van der Waals surface area (Å²) < 4.78 is 68.1. The Morgan fingerprint density at radius 2 is 1.31 bits per heavy atom. The summed E-state index contributed by atoms with van der Waals surface area (Å²) in [6.07, 6.45) is 0. The van der Waals surface area contributed by atoms with Crippen molar-refractivity contribution in [1.29, 1.82) is 0 Å². The first-order valence-electron chi connectivity index (χ1n) is 7.33. The minimum absolute atomic E-state index is 0.354. The predicted molar refractivity (Wildman–Crippen MR) is 90.6 cm³/mol. The van der Waals surface area contributed by atoms with E-state index in [1.165, 1.54) is 11.8 Å². The highest BCUT2D eigenvalue weighted by Gasteiger charge is 2.28. The fraction of sp³-hybridized carbons (Fsp3) is 0. The molecule has 1 N–H and O–H groups in total. The van der Waals surface area contributed by atoms with E-state index in [1.807, 2.05) is 30.3 Å². The van der Waals surface area contributed by atoms with Gasteiger partial charge in [0.05, 0.1) is 16.3 Å². The molecule has 1 aliphatic rings. The van der Waals surface area contributed by atoms with Crippen LogP contribution in [0.5, 0.6) is 0 Å². The van der Waals surface area contributed by atoms with Crippen LogP contribution in [-0.4, -0.2) is 0 Å². The Hall–Kier alpha value is -2.19. The van der Waals surface area contributed by atoms with Crippen LogP contribution in [0.2, 0.25) is 0 Å². The molecule has 1 aliphatic heterocycles. The predicted octanol–water partition coefficient (Wildman–Crippen LogP) is 6.74. The van der Waals surface area contributed by atoms with E-state index in [0.717, 1.165) is 15.5 Å². The zero-order valence-electron chi connectivity index (χ0n) is 12.7. The average Bonchev–Trinajstić information content (AvgIpc) is 2.66. The molecule has 0 aliphatic carbocycles. The minimum atomic E-state index is -2.16. The zero-order chi connectivity index (χ0) is 18.4. The van der Waals surface area contributed by atoms with Gasteiger partial charge in [0.25, 0.3) is 0 Å². The van der Waals surface area contributed by atoms with Crippen LogP contribution in [0.15, 0.2) is 62.0 Å². The summed E-state index contributed by atoms with van der Waals surface area (Å²) in [6.45, 7) is 0. The molecule has 132 valence electrons. The topological polar surface area (TPSA) is 12.0 Å². The molecule has 0 aromatic heterocycles. The molecular formula is C18H8F5NS2. The molecule has 4 rings (SSSR count). The van der Waals surface area contributed by atoms with E-state index in [4.69, 9.17) is 0 Å². The number of anilines is 2. The largest absolute Gasteiger partial charge is 0.353 e. The standard InChI is InChI=1S/C18H8F5NS2/c19-12-13(20)15(22)18(16(23)14(12)21)26-11-7-3-6-10-17(11)24-8-4-1-2-5-9(8)25-10/h1-7,24H. The van der Waals surface area contributed by atoms with E-state index in [-0.39, 0.29) is 0 Å². The van der Waals surface area contributed by atoms with E-state index < -0.39 is 34.0 Å². The highest BCUT2D eigenvalue weighted by atomic mass is 32.2. The van der Waals surface area contributed by atoms with Crippen molar-refractivity contribution in [2.24, 2.45) is 0 Å². The van der Waals surface area contributed by atoms with Gasteiger partial charge in [-0.3, -0.25) is 0 Å². The number of nitrogens with one attached hydrogen (secondary N) is 1. The maximum absolute atomic E-state index is 14.0. The zero-order valence-corrected chi connectivity index (χ0v) is 14.4. The van der Waals surface area contributed by atoms with Gasteiger partial charge in [0.1, 0.15) is 0 Å². The lowest BCUT2D eigenvalue weighted by Crippen LogP contribution is -2.04. The summed E-state index contributed by atoms with van der Waals surface area (Å²) in [5.74, 6) is -9.75. The van der Waals surface area contributed by atoms with E-state index in [2.05, 4.69) is 5.32 Å². The molecule has 0 amide bonds. The molecule has 0 radical (unpaired) electrons. The number of hydrogen-bond acceptors (Lipinski definition) is 3. The van der Waals surface area contributed by atoms with Crippen LogP contribution >= 0.6 is 23.5 Å². The number of hydrogen-bond donors (Lipinski definition) is 1. The van der Waals surface area contributed by atoms with E-state index in [1.54, 1.807) is 12.1 Å². The van der Waals surface area contributed by atoms with Crippen LogP contribution in [0.3, 0.4) is 0 Å². The minimum Gasteiger partial charge on any atom is -0.353 e. The van der Waals surface area contributed by atoms with Crippen molar-refractivity contribution in [2.75, 3.05) is 5.32 Å². The normalized spacial score (nSPS) is 12.3. The number of benzene rings is 3. The highest BCUT2D eigenvalue weighted by molar-refractivity contribution is 8.00. The number of fused-ring (bicyclic) bond motifs is 2. The van der Waals surface area contributed by atoms with Crippen molar-refractivity contribution < 1.29 is 22.0 Å². The van der Waals surface area contributed by atoms with Gasteiger partial charge in [-0.25, -0.2) is 22.0 Å². The first-order chi connectivity index (χ1) is 12.5. The lowest BCUT2D eigenvalue weighted by molar-refractivity contribution is 0.361. The Morgan fingerprint density at radius 1 is 0.692 bits per heavy atom. The Balaban J connectivity index is 1.79. The van der Waals surface area contributed by atoms with Gasteiger partial charge in [-0.05, 0) is 24.3 Å². The summed E-state index contributed by atoms with van der Waals surface area (Å²) in [4.78, 5) is 1.18. The van der Waals surface area contributed by atoms with E-state index in [9.17, 15) is 22.0 Å². The van der Waals surface area contributed by atoms with Gasteiger partial charge in [0, 0.05) is 14.7 Å². The summed E-state index contributed by atoms with van der Waals surface area (Å²) in [6, 6.07) is 12.5. The quantitative estimate of drug-likeness (QED) is 0.228. The van der Waals surface area contributed by atoms with Crippen molar-refractivity contribution in [3.05, 3.63) is 71.6 Å². The third-order valence-corrected chi connectivity index (χ3v) is 5.99. The number of rotatable bonds is 2. The third-order valence-electron chi connectivity index (χ3n) is 3.74. The summed E-state index contributed by atoms with van der Waals surface area (Å²) >= 11 is 1.95. The average molecular weight is 397 g/mol. The van der Waals surface area contributed by atoms with E-state index in [0.29, 0.717) is 22.3 Å². The fourth-order valence-electron chi connectivity index (χ4n) is 2.50. The van der Waals surface area contributed by atoms with Gasteiger partial charge in [-0.1, -0.05) is 41.7 Å². The van der Waals surface area contributed by atoms with Crippen LogP contribution in [0.1, 0.15) is 0 Å². The number of para-hydroxylation sites is 2. The van der Waals surface area contributed by atoms with Crippen molar-refractivity contribution >= 4 is 34.9 Å². The summed E-state index contributed by atoms with van der Waals surface area (Å²) in [5.41, 5.74) is 1.36. The third kappa shape index (κ3) is 2.73. The molecule has 0 bridgehead atoms. The first-order valence-corrected chi connectivity index (χ1v) is 8.97. The molecule has 0 saturated heterocycles. The monoisotopic (exact) mass is 397 g/mol. The first kappa shape index (κ1) is 17.2. The summed E-state index contributed by atoms with van der Waals surface area (Å²) in [5, 5.41) is 3.16. The second-order valence-electron chi connectivity index (χ2n) is 5.35. The van der Waals surface area contributed by atoms with Gasteiger partial charge in [-0.15, -0.1) is 0 Å². The SMILES string of the molecule is Fc1c(F)c(F)c(Sc2cccc3c2Nc2ccccc2S3)c(F)c1F. The van der Waals surface area contributed by atoms with E-state index >= 15 is 0 Å². The summed E-state index contributed by atoms with van der Waals surface area (Å²) in [7, 11) is 0. The van der Waals surface area contributed by atoms with Crippen LogP contribution in [0.4, 0.5) is 33.3 Å². The van der Waals surface area contributed by atoms with Crippen LogP contribution in [0.25, 0.3) is 0 Å². The molecule has 0 unspecified atom stereocenters. The molecule has 0 saturated carbocycles. The Kier molecular flexibility index (Phi) is 4.32. The molecule has 0 fully saturated rings. The van der Waals surface area contributed by atoms with Gasteiger partial charge in [0.15, 0.2) is 23.3 Å².